The minimum atomic E-state index is -3.27. The van der Waals surface area contributed by atoms with Crippen molar-refractivity contribution < 1.29 is 4.57 Å². The highest BCUT2D eigenvalue weighted by atomic mass is 31.2. The van der Waals surface area contributed by atoms with Crippen molar-refractivity contribution in [3.8, 4) is 0 Å². The molecule has 5 aromatic carbocycles. The summed E-state index contributed by atoms with van der Waals surface area (Å²) < 4.78 is 18.3. The zero-order chi connectivity index (χ0) is 29.5. The zero-order valence-electron chi connectivity index (χ0n) is 24.3. The van der Waals surface area contributed by atoms with Crippen molar-refractivity contribution in [2.45, 2.75) is 13.3 Å². The molecule has 0 radical (unpaired) electrons. The van der Waals surface area contributed by atoms with Crippen LogP contribution >= 0.6 is 7.14 Å². The van der Waals surface area contributed by atoms with Crippen LogP contribution in [0.25, 0.3) is 49.1 Å². The maximum atomic E-state index is 16.0. The van der Waals surface area contributed by atoms with Crippen molar-refractivity contribution in [1.82, 2.24) is 9.38 Å². The molecule has 0 N–H and O–H groups in total. The van der Waals surface area contributed by atoms with Crippen LogP contribution in [0.3, 0.4) is 0 Å². The summed E-state index contributed by atoms with van der Waals surface area (Å²) in [6.07, 6.45) is 13.8. The molecule has 9 rings (SSSR count). The fraction of sp³-hybridized carbons (Fsp3) is 0.0750. The summed E-state index contributed by atoms with van der Waals surface area (Å²) in [5.41, 5.74) is 5.18. The predicted molar refractivity (Wildman–Crippen MR) is 186 cm³/mol. The van der Waals surface area contributed by atoms with Gasteiger partial charge in [0.25, 0.3) is 0 Å². The normalized spacial score (nSPS) is 19.4. The molecule has 0 spiro atoms. The second kappa shape index (κ2) is 9.26. The maximum absolute atomic E-state index is 16.0. The van der Waals surface area contributed by atoms with E-state index in [0.29, 0.717) is 0 Å². The summed E-state index contributed by atoms with van der Waals surface area (Å²) in [5, 5.41) is 8.07. The standard InChI is InChI=1S/C40H29N2OP/c1-40-22-9-8-12-29(40)25-32(21-23-40)44(43,30-18-17-27-10-2-3-11-28(27)24-30)31-19-20-34-35(26-31)33-13-4-6-15-37(33)42-38-16-7-5-14-36(38)41-39(34)42/h2-22,24-26H,23H2,1H3. The third-order valence-electron chi connectivity index (χ3n) is 9.61. The monoisotopic (exact) mass is 584 g/mol. The lowest BCUT2D eigenvalue weighted by Crippen LogP contribution is -2.23. The average molecular weight is 585 g/mol. The molecule has 2 heterocycles. The highest BCUT2D eigenvalue weighted by molar-refractivity contribution is 7.82. The SMILES string of the molecule is CC12C=CC=CC1=CC(P(=O)(c1ccc3ccccc3c1)c1ccc3c(c1)c1ccccc1n1c4ccccc4nc31)=CC2. The van der Waals surface area contributed by atoms with Gasteiger partial charge in [-0.3, -0.25) is 4.40 Å². The molecule has 0 bridgehead atoms. The molecule has 0 saturated heterocycles. The van der Waals surface area contributed by atoms with Gasteiger partial charge in [-0.15, -0.1) is 0 Å². The molecule has 2 aliphatic rings. The third kappa shape index (κ3) is 3.57. The van der Waals surface area contributed by atoms with Crippen molar-refractivity contribution in [2.75, 3.05) is 0 Å². The number of hydrogen-bond donors (Lipinski definition) is 0. The Labute approximate surface area is 255 Å². The van der Waals surface area contributed by atoms with Crippen LogP contribution in [0.4, 0.5) is 0 Å². The number of rotatable bonds is 3. The van der Waals surface area contributed by atoms with Crippen LogP contribution in [0.15, 0.2) is 157 Å². The van der Waals surface area contributed by atoms with Gasteiger partial charge in [-0.05, 0) is 70.6 Å². The van der Waals surface area contributed by atoms with Crippen LogP contribution in [-0.4, -0.2) is 9.38 Å². The molecular weight excluding hydrogens is 555 g/mol. The molecule has 2 aromatic heterocycles. The van der Waals surface area contributed by atoms with Gasteiger partial charge < -0.3 is 4.57 Å². The highest BCUT2D eigenvalue weighted by Crippen LogP contribution is 2.57. The summed E-state index contributed by atoms with van der Waals surface area (Å²) in [5.74, 6) is 0. The van der Waals surface area contributed by atoms with E-state index in [1.54, 1.807) is 0 Å². The number of benzene rings is 5. The lowest BCUT2D eigenvalue weighted by Gasteiger charge is -2.34. The number of nitrogens with zero attached hydrogens (tertiary/aromatic N) is 2. The van der Waals surface area contributed by atoms with E-state index < -0.39 is 7.14 Å². The summed E-state index contributed by atoms with van der Waals surface area (Å²) in [4.78, 5) is 5.08. The van der Waals surface area contributed by atoms with Crippen LogP contribution in [-0.2, 0) is 4.57 Å². The quantitative estimate of drug-likeness (QED) is 0.153. The van der Waals surface area contributed by atoms with Crippen LogP contribution < -0.4 is 10.6 Å². The number of fused-ring (bicyclic) bond motifs is 10. The van der Waals surface area contributed by atoms with E-state index in [1.165, 1.54) is 5.57 Å². The number of aromatic nitrogens is 2. The van der Waals surface area contributed by atoms with Gasteiger partial charge in [-0.1, -0.05) is 110 Å². The molecule has 2 atom stereocenters. The van der Waals surface area contributed by atoms with Crippen LogP contribution in [0.1, 0.15) is 13.3 Å². The molecule has 0 saturated carbocycles. The first kappa shape index (κ1) is 25.5. The van der Waals surface area contributed by atoms with E-state index in [1.807, 2.05) is 18.2 Å². The summed E-state index contributed by atoms with van der Waals surface area (Å²) in [7, 11) is -3.27. The first-order valence-electron chi connectivity index (χ1n) is 15.1. The van der Waals surface area contributed by atoms with Gasteiger partial charge >= 0.3 is 0 Å². The molecule has 44 heavy (non-hydrogen) atoms. The van der Waals surface area contributed by atoms with Crippen molar-refractivity contribution in [3.63, 3.8) is 0 Å². The maximum Gasteiger partial charge on any atom is 0.170 e. The first-order chi connectivity index (χ1) is 21.5. The Morgan fingerprint density at radius 3 is 2.39 bits per heavy atom. The molecule has 0 aliphatic heterocycles. The van der Waals surface area contributed by atoms with Gasteiger partial charge in [0.1, 0.15) is 5.65 Å². The van der Waals surface area contributed by atoms with Crippen LogP contribution in [0, 0.1) is 5.41 Å². The third-order valence-corrected chi connectivity index (χ3v) is 12.7. The minimum Gasteiger partial charge on any atom is -0.309 e. The zero-order valence-corrected chi connectivity index (χ0v) is 25.2. The van der Waals surface area contributed by atoms with E-state index >= 15 is 4.57 Å². The average Bonchev–Trinajstić information content (AvgIpc) is 3.47. The Kier molecular flexibility index (Phi) is 5.37. The van der Waals surface area contributed by atoms with Gasteiger partial charge in [-0.25, -0.2) is 4.98 Å². The number of allylic oxidation sites excluding steroid dienone is 8. The van der Waals surface area contributed by atoms with Gasteiger partial charge in [0.2, 0.25) is 0 Å². The molecule has 4 heteroatoms. The molecule has 210 valence electrons. The topological polar surface area (TPSA) is 34.4 Å². The molecule has 7 aromatic rings. The molecular formula is C40H29N2OP. The smallest absolute Gasteiger partial charge is 0.170 e. The number of pyridine rings is 1. The van der Waals surface area contributed by atoms with Gasteiger partial charge in [-0.2, -0.15) is 0 Å². The highest BCUT2D eigenvalue weighted by Gasteiger charge is 2.37. The number of para-hydroxylation sites is 3. The van der Waals surface area contributed by atoms with Crippen molar-refractivity contribution in [1.29, 1.82) is 0 Å². The van der Waals surface area contributed by atoms with Gasteiger partial charge in [0.05, 0.1) is 16.6 Å². The summed E-state index contributed by atoms with van der Waals surface area (Å²) >= 11 is 0. The lowest BCUT2D eigenvalue weighted by atomic mass is 9.74. The Morgan fingerprint density at radius 1 is 0.727 bits per heavy atom. The van der Waals surface area contributed by atoms with Gasteiger partial charge in [0.15, 0.2) is 7.14 Å². The molecule has 0 amide bonds. The van der Waals surface area contributed by atoms with Crippen LogP contribution in [0.5, 0.6) is 0 Å². The molecule has 2 aliphatic carbocycles. The molecule has 2 unspecified atom stereocenters. The fourth-order valence-corrected chi connectivity index (χ4v) is 9.94. The van der Waals surface area contributed by atoms with Crippen molar-refractivity contribution in [2.24, 2.45) is 5.41 Å². The van der Waals surface area contributed by atoms with E-state index in [0.717, 1.165) is 71.5 Å². The van der Waals surface area contributed by atoms with E-state index in [9.17, 15) is 0 Å². The summed E-state index contributed by atoms with van der Waals surface area (Å²) in [6, 6.07) is 37.8. The van der Waals surface area contributed by atoms with Crippen molar-refractivity contribution >= 4 is 66.9 Å². The predicted octanol–water partition coefficient (Wildman–Crippen LogP) is 9.61. The largest absolute Gasteiger partial charge is 0.309 e. The fourth-order valence-electron chi connectivity index (χ4n) is 7.18. The van der Waals surface area contributed by atoms with E-state index in [4.69, 9.17) is 4.98 Å². The Balaban J connectivity index is 1.35. The number of hydrogen-bond acceptors (Lipinski definition) is 2. The number of imidazole rings is 1. The Bertz CT molecular complexity index is 2530. The second-order valence-corrected chi connectivity index (χ2v) is 15.0. The van der Waals surface area contributed by atoms with Gasteiger partial charge in [0, 0.05) is 32.1 Å². The minimum absolute atomic E-state index is 0.0830. The second-order valence-electron chi connectivity index (χ2n) is 12.2. The van der Waals surface area contributed by atoms with E-state index in [-0.39, 0.29) is 5.41 Å². The Hall–Kier alpha value is -4.98. The van der Waals surface area contributed by atoms with E-state index in [2.05, 4.69) is 139 Å². The molecule has 3 nitrogen and oxygen atoms in total. The van der Waals surface area contributed by atoms with Crippen LogP contribution in [0.2, 0.25) is 0 Å². The first-order valence-corrected chi connectivity index (χ1v) is 16.8. The summed E-state index contributed by atoms with van der Waals surface area (Å²) in [6.45, 7) is 2.26. The Morgan fingerprint density at radius 2 is 1.48 bits per heavy atom. The van der Waals surface area contributed by atoms with Crippen molar-refractivity contribution in [3.05, 3.63) is 157 Å². The molecule has 0 fully saturated rings. The lowest BCUT2D eigenvalue weighted by molar-refractivity contribution is 0.524.